The minimum Gasteiger partial charge on any atom is -0.491 e. The highest BCUT2D eigenvalue weighted by Crippen LogP contribution is 2.34. The molecule has 1 aromatic rings. The first-order valence-corrected chi connectivity index (χ1v) is 8.62. The van der Waals surface area contributed by atoms with Crippen molar-refractivity contribution in [2.24, 2.45) is 5.92 Å². The van der Waals surface area contributed by atoms with Crippen LogP contribution in [0.1, 0.15) is 32.6 Å². The van der Waals surface area contributed by atoms with Gasteiger partial charge < -0.3 is 10.1 Å². The Labute approximate surface area is 139 Å². The van der Waals surface area contributed by atoms with Crippen molar-refractivity contribution in [1.29, 1.82) is 0 Å². The van der Waals surface area contributed by atoms with Crippen molar-refractivity contribution in [2.75, 3.05) is 13.2 Å². The molecule has 0 radical (unpaired) electrons. The molecule has 0 aromatic heterocycles. The highest BCUT2D eigenvalue weighted by Gasteiger charge is 2.17. The van der Waals surface area contributed by atoms with Crippen molar-refractivity contribution in [2.45, 2.75) is 38.6 Å². The first-order valence-electron chi connectivity index (χ1n) is 7.07. The lowest BCUT2D eigenvalue weighted by molar-refractivity contribution is 0.270. The third-order valence-electron chi connectivity index (χ3n) is 3.78. The van der Waals surface area contributed by atoms with E-state index in [0.29, 0.717) is 28.4 Å². The largest absolute Gasteiger partial charge is 0.491 e. The van der Waals surface area contributed by atoms with E-state index in [0.717, 1.165) is 16.9 Å². The van der Waals surface area contributed by atoms with Crippen molar-refractivity contribution in [3.63, 3.8) is 0 Å². The Bertz CT molecular complexity index is 448. The molecule has 5 heteroatoms. The molecule has 112 valence electrons. The minimum atomic E-state index is 0.577. The van der Waals surface area contributed by atoms with E-state index in [9.17, 15) is 0 Å². The topological polar surface area (TPSA) is 21.3 Å². The zero-order chi connectivity index (χ0) is 14.5. The smallest absolute Gasteiger partial charge is 0.139 e. The van der Waals surface area contributed by atoms with Crippen molar-refractivity contribution in [3.05, 3.63) is 26.7 Å². The molecule has 0 atom stereocenters. The van der Waals surface area contributed by atoms with Crippen molar-refractivity contribution >= 4 is 39.1 Å². The van der Waals surface area contributed by atoms with E-state index in [2.05, 4.69) is 28.2 Å². The molecular formula is C15H20BrCl2NO. The Morgan fingerprint density at radius 2 is 1.90 bits per heavy atom. The van der Waals surface area contributed by atoms with Gasteiger partial charge in [-0.15, -0.1) is 0 Å². The second-order valence-electron chi connectivity index (χ2n) is 5.46. The van der Waals surface area contributed by atoms with Crippen molar-refractivity contribution in [1.82, 2.24) is 5.32 Å². The molecule has 0 unspecified atom stereocenters. The van der Waals surface area contributed by atoms with E-state index in [1.165, 1.54) is 25.7 Å². The number of ether oxygens (including phenoxy) is 1. The molecule has 0 spiro atoms. The number of hydrogen-bond acceptors (Lipinski definition) is 2. The van der Waals surface area contributed by atoms with Crippen LogP contribution in [0.5, 0.6) is 5.75 Å². The first-order chi connectivity index (χ1) is 9.56. The second kappa shape index (κ2) is 7.88. The molecule has 0 heterocycles. The van der Waals surface area contributed by atoms with Crippen LogP contribution in [-0.4, -0.2) is 19.2 Å². The van der Waals surface area contributed by atoms with Crippen molar-refractivity contribution in [3.8, 4) is 5.75 Å². The summed E-state index contributed by atoms with van der Waals surface area (Å²) in [7, 11) is 0. The maximum atomic E-state index is 6.11. The predicted molar refractivity (Wildman–Crippen MR) is 89.1 cm³/mol. The van der Waals surface area contributed by atoms with Gasteiger partial charge in [-0.25, -0.2) is 0 Å². The molecule has 1 aliphatic carbocycles. The van der Waals surface area contributed by atoms with Crippen LogP contribution in [0.2, 0.25) is 10.0 Å². The molecule has 2 nitrogen and oxygen atoms in total. The van der Waals surface area contributed by atoms with Crippen LogP contribution in [-0.2, 0) is 0 Å². The lowest BCUT2D eigenvalue weighted by atomic mass is 9.87. The number of halogens is 3. The maximum absolute atomic E-state index is 6.11. The SMILES string of the molecule is CC1CCC(NCCOc2cc(Cl)c(Br)cc2Cl)CC1. The standard InChI is InChI=1S/C15H20BrCl2NO/c1-10-2-4-11(5-3-10)19-6-7-20-15-9-13(17)12(16)8-14(15)18/h8-11,19H,2-7H2,1H3. The first kappa shape index (κ1) is 16.4. The molecule has 1 aromatic carbocycles. The zero-order valence-electron chi connectivity index (χ0n) is 11.6. The molecule has 1 saturated carbocycles. The molecule has 0 bridgehead atoms. The van der Waals surface area contributed by atoms with E-state index in [-0.39, 0.29) is 0 Å². The third-order valence-corrected chi connectivity index (χ3v) is 5.28. The Morgan fingerprint density at radius 1 is 1.20 bits per heavy atom. The van der Waals surface area contributed by atoms with Gasteiger partial charge in [-0.05, 0) is 53.6 Å². The lowest BCUT2D eigenvalue weighted by Gasteiger charge is -2.27. The van der Waals surface area contributed by atoms with Gasteiger partial charge in [-0.1, -0.05) is 30.1 Å². The summed E-state index contributed by atoms with van der Waals surface area (Å²) in [5.41, 5.74) is 0. The van der Waals surface area contributed by atoms with E-state index in [1.54, 1.807) is 12.1 Å². The Balaban J connectivity index is 1.72. The Kier molecular flexibility index (Phi) is 6.47. The molecule has 1 fully saturated rings. The number of hydrogen-bond donors (Lipinski definition) is 1. The van der Waals surface area contributed by atoms with Crippen LogP contribution in [0.15, 0.2) is 16.6 Å². The molecule has 0 aliphatic heterocycles. The van der Waals surface area contributed by atoms with Crippen LogP contribution in [0.4, 0.5) is 0 Å². The summed E-state index contributed by atoms with van der Waals surface area (Å²) >= 11 is 15.5. The van der Waals surface area contributed by atoms with Gasteiger partial charge in [-0.2, -0.15) is 0 Å². The Hall–Kier alpha value is 0.0400. The summed E-state index contributed by atoms with van der Waals surface area (Å²) in [6.45, 7) is 3.77. The fourth-order valence-electron chi connectivity index (χ4n) is 2.50. The van der Waals surface area contributed by atoms with E-state index in [4.69, 9.17) is 27.9 Å². The summed E-state index contributed by atoms with van der Waals surface area (Å²) in [5, 5.41) is 4.73. The summed E-state index contributed by atoms with van der Waals surface area (Å²) in [6.07, 6.45) is 5.19. The van der Waals surface area contributed by atoms with Gasteiger partial charge >= 0.3 is 0 Å². The van der Waals surface area contributed by atoms with Crippen LogP contribution in [0.3, 0.4) is 0 Å². The fraction of sp³-hybridized carbons (Fsp3) is 0.600. The monoisotopic (exact) mass is 379 g/mol. The van der Waals surface area contributed by atoms with Crippen LogP contribution in [0.25, 0.3) is 0 Å². The van der Waals surface area contributed by atoms with Gasteiger partial charge in [0.15, 0.2) is 0 Å². The second-order valence-corrected chi connectivity index (χ2v) is 7.12. The van der Waals surface area contributed by atoms with Crippen LogP contribution < -0.4 is 10.1 Å². The van der Waals surface area contributed by atoms with E-state index < -0.39 is 0 Å². The molecule has 20 heavy (non-hydrogen) atoms. The highest BCUT2D eigenvalue weighted by atomic mass is 79.9. The van der Waals surface area contributed by atoms with Crippen LogP contribution >= 0.6 is 39.1 Å². The lowest BCUT2D eigenvalue weighted by Crippen LogP contribution is -2.35. The molecule has 2 rings (SSSR count). The van der Waals surface area contributed by atoms with Gasteiger partial charge in [0.2, 0.25) is 0 Å². The van der Waals surface area contributed by atoms with Crippen LogP contribution in [0, 0.1) is 5.92 Å². The number of rotatable bonds is 5. The fourth-order valence-corrected chi connectivity index (χ4v) is 3.35. The van der Waals surface area contributed by atoms with Gasteiger partial charge in [-0.3, -0.25) is 0 Å². The average Bonchev–Trinajstić information content (AvgIpc) is 2.42. The van der Waals surface area contributed by atoms with Gasteiger partial charge in [0.1, 0.15) is 12.4 Å². The molecule has 0 saturated heterocycles. The molecule has 1 aliphatic rings. The van der Waals surface area contributed by atoms with Gasteiger partial charge in [0.25, 0.3) is 0 Å². The molecule has 0 amide bonds. The van der Waals surface area contributed by atoms with E-state index >= 15 is 0 Å². The van der Waals surface area contributed by atoms with Crippen molar-refractivity contribution < 1.29 is 4.74 Å². The summed E-state index contributed by atoms with van der Waals surface area (Å²) < 4.78 is 6.47. The molecule has 1 N–H and O–H groups in total. The number of nitrogens with one attached hydrogen (secondary N) is 1. The number of benzene rings is 1. The highest BCUT2D eigenvalue weighted by molar-refractivity contribution is 9.10. The molecular weight excluding hydrogens is 361 g/mol. The zero-order valence-corrected chi connectivity index (χ0v) is 14.7. The summed E-state index contributed by atoms with van der Waals surface area (Å²) in [6, 6.07) is 4.14. The van der Waals surface area contributed by atoms with E-state index in [1.807, 2.05) is 0 Å². The minimum absolute atomic E-state index is 0.577. The maximum Gasteiger partial charge on any atom is 0.139 e. The quantitative estimate of drug-likeness (QED) is 0.552. The summed E-state index contributed by atoms with van der Waals surface area (Å²) in [5.74, 6) is 1.52. The predicted octanol–water partition coefficient (Wildman–Crippen LogP) is 5.30. The summed E-state index contributed by atoms with van der Waals surface area (Å²) in [4.78, 5) is 0. The normalized spacial score (nSPS) is 22.8. The third kappa shape index (κ3) is 4.80. The average molecular weight is 381 g/mol. The van der Waals surface area contributed by atoms with Gasteiger partial charge in [0.05, 0.1) is 10.0 Å². The van der Waals surface area contributed by atoms with Gasteiger partial charge in [0, 0.05) is 23.1 Å². The Morgan fingerprint density at radius 3 is 2.60 bits per heavy atom.